The molecule has 0 bridgehead atoms. The highest BCUT2D eigenvalue weighted by atomic mass is 19.1. The van der Waals surface area contributed by atoms with Gasteiger partial charge in [0.15, 0.2) is 5.82 Å². The van der Waals surface area contributed by atoms with E-state index < -0.39 is 5.82 Å². The number of aromatic amines is 1. The molecule has 152 valence electrons. The number of nitrogens with one attached hydrogen (secondary N) is 2. The van der Waals surface area contributed by atoms with E-state index in [-0.39, 0.29) is 11.2 Å². The van der Waals surface area contributed by atoms with Crippen molar-refractivity contribution in [1.29, 1.82) is 0 Å². The molecule has 0 unspecified atom stereocenters. The first-order valence-electron chi connectivity index (χ1n) is 9.51. The summed E-state index contributed by atoms with van der Waals surface area (Å²) in [5.41, 5.74) is 6.39. The monoisotopic (exact) mass is 388 g/mol. The molecule has 7 heteroatoms. The highest BCUT2D eigenvalue weighted by Crippen LogP contribution is 2.23. The lowest BCUT2D eigenvalue weighted by Crippen LogP contribution is -2.19. The van der Waals surface area contributed by atoms with Crippen LogP contribution in [0.3, 0.4) is 0 Å². The van der Waals surface area contributed by atoms with E-state index in [1.54, 1.807) is 24.3 Å². The largest absolute Gasteiger partial charge is 0.494 e. The van der Waals surface area contributed by atoms with Gasteiger partial charge in [0.1, 0.15) is 5.75 Å². The molecule has 0 fully saturated rings. The molecule has 0 aliphatic carbocycles. The fourth-order valence-electron chi connectivity index (χ4n) is 2.52. The van der Waals surface area contributed by atoms with Gasteiger partial charge < -0.3 is 15.8 Å². The molecule has 1 heterocycles. The third kappa shape index (κ3) is 5.13. The van der Waals surface area contributed by atoms with Crippen LogP contribution in [0.4, 0.5) is 10.1 Å². The third-order valence-electron chi connectivity index (χ3n) is 4.46. The third-order valence-corrected chi connectivity index (χ3v) is 4.46. The van der Waals surface area contributed by atoms with Crippen LogP contribution in [0.15, 0.2) is 41.2 Å². The molecule has 0 spiro atoms. The number of halogens is 1. The maximum atomic E-state index is 14.1. The molecule has 0 aliphatic rings. The van der Waals surface area contributed by atoms with Gasteiger partial charge in [-0.2, -0.15) is 0 Å². The molecule has 0 radical (unpaired) electrons. The van der Waals surface area contributed by atoms with Gasteiger partial charge >= 0.3 is 0 Å². The normalized spacial score (nSPS) is 11.8. The summed E-state index contributed by atoms with van der Waals surface area (Å²) in [4.78, 5) is 12.0. The average Bonchev–Trinajstić information content (AvgIpc) is 3.02. The lowest BCUT2D eigenvalue weighted by molar-refractivity contribution is 0.318. The fraction of sp³-hybridized carbons (Fsp3) is 0.381. The van der Waals surface area contributed by atoms with Gasteiger partial charge in [-0.15, -0.1) is 0 Å². The van der Waals surface area contributed by atoms with Crippen molar-refractivity contribution in [2.24, 2.45) is 0 Å². The summed E-state index contributed by atoms with van der Waals surface area (Å²) in [6.45, 7) is 6.92. The summed E-state index contributed by atoms with van der Waals surface area (Å²) in [6, 6.07) is 10.1. The van der Waals surface area contributed by atoms with E-state index in [1.165, 1.54) is 23.2 Å². The van der Waals surface area contributed by atoms with E-state index in [0.29, 0.717) is 35.0 Å². The van der Waals surface area contributed by atoms with Crippen molar-refractivity contribution in [2.45, 2.75) is 39.7 Å². The van der Waals surface area contributed by atoms with E-state index in [4.69, 9.17) is 10.5 Å². The van der Waals surface area contributed by atoms with Crippen LogP contribution in [0, 0.1) is 5.82 Å². The van der Waals surface area contributed by atoms with Crippen molar-refractivity contribution in [3.63, 3.8) is 0 Å². The van der Waals surface area contributed by atoms with Crippen LogP contribution < -0.4 is 21.3 Å². The zero-order valence-corrected chi connectivity index (χ0v) is 16.9. The van der Waals surface area contributed by atoms with Crippen LogP contribution in [0.25, 0.3) is 16.6 Å². The first kappa shape index (κ1) is 21.5. The predicted octanol–water partition coefficient (Wildman–Crippen LogP) is 3.83. The van der Waals surface area contributed by atoms with Gasteiger partial charge in [-0.3, -0.25) is 9.89 Å². The number of nitrogen functional groups attached to an aromatic ring is 1. The molecule has 28 heavy (non-hydrogen) atoms. The summed E-state index contributed by atoms with van der Waals surface area (Å²) in [7, 11) is 1.98. The summed E-state index contributed by atoms with van der Waals surface area (Å²) >= 11 is 0. The molecule has 2 aromatic carbocycles. The van der Waals surface area contributed by atoms with Gasteiger partial charge in [0, 0.05) is 17.8 Å². The van der Waals surface area contributed by atoms with Gasteiger partial charge in [-0.25, -0.2) is 9.07 Å². The van der Waals surface area contributed by atoms with Crippen molar-refractivity contribution < 1.29 is 9.13 Å². The van der Waals surface area contributed by atoms with Crippen molar-refractivity contribution >= 4 is 16.6 Å². The molecular formula is C21H29FN4O2. The minimum absolute atomic E-state index is 0.231. The molecular weight excluding hydrogens is 359 g/mol. The van der Waals surface area contributed by atoms with Gasteiger partial charge in [-0.1, -0.05) is 13.8 Å². The Balaban J connectivity index is 0.000000409. The zero-order valence-electron chi connectivity index (χ0n) is 16.9. The van der Waals surface area contributed by atoms with E-state index in [1.807, 2.05) is 14.0 Å². The number of rotatable bonds is 6. The second kappa shape index (κ2) is 9.94. The van der Waals surface area contributed by atoms with E-state index in [2.05, 4.69) is 24.3 Å². The van der Waals surface area contributed by atoms with Gasteiger partial charge in [0.2, 0.25) is 0 Å². The van der Waals surface area contributed by atoms with Crippen LogP contribution in [0.5, 0.6) is 5.75 Å². The first-order chi connectivity index (χ1) is 13.4. The molecule has 0 saturated carbocycles. The molecule has 1 atom stereocenters. The number of nitrogens with two attached hydrogens (primary N) is 1. The van der Waals surface area contributed by atoms with E-state index in [9.17, 15) is 9.18 Å². The topological polar surface area (TPSA) is 85.1 Å². The molecule has 3 rings (SSSR count). The Morgan fingerprint density at radius 3 is 2.57 bits per heavy atom. The number of H-pyrrole nitrogens is 1. The predicted molar refractivity (Wildman–Crippen MR) is 113 cm³/mol. The smallest absolute Gasteiger partial charge is 0.272 e. The molecule has 3 aromatic rings. The minimum atomic E-state index is -0.506. The maximum absolute atomic E-state index is 14.1. The number of ether oxygens (including phenoxy) is 1. The summed E-state index contributed by atoms with van der Waals surface area (Å²) in [5, 5.41) is 6.22. The lowest BCUT2D eigenvalue weighted by Gasteiger charge is -2.08. The lowest BCUT2D eigenvalue weighted by atomic mass is 10.2. The Bertz CT molecular complexity index is 961. The van der Waals surface area contributed by atoms with Crippen LogP contribution >= 0.6 is 0 Å². The van der Waals surface area contributed by atoms with Gasteiger partial charge in [0.25, 0.3) is 5.56 Å². The van der Waals surface area contributed by atoms with Crippen LogP contribution in [-0.2, 0) is 0 Å². The van der Waals surface area contributed by atoms with Crippen molar-refractivity contribution in [2.75, 3.05) is 19.4 Å². The zero-order chi connectivity index (χ0) is 20.7. The number of anilines is 1. The Hall–Kier alpha value is -2.80. The van der Waals surface area contributed by atoms with Crippen molar-refractivity contribution in [3.05, 3.63) is 52.6 Å². The highest BCUT2D eigenvalue weighted by molar-refractivity contribution is 5.81. The average molecular weight is 388 g/mol. The number of hydrogen-bond acceptors (Lipinski definition) is 4. The maximum Gasteiger partial charge on any atom is 0.272 e. The summed E-state index contributed by atoms with van der Waals surface area (Å²) < 4.78 is 21.1. The second-order valence-electron chi connectivity index (χ2n) is 6.61. The molecule has 0 amide bonds. The summed E-state index contributed by atoms with van der Waals surface area (Å²) in [6.07, 6.45) is 2.10. The Morgan fingerprint density at radius 2 is 2.00 bits per heavy atom. The van der Waals surface area contributed by atoms with E-state index >= 15 is 0 Å². The van der Waals surface area contributed by atoms with Gasteiger partial charge in [0.05, 0.1) is 23.2 Å². The number of benzene rings is 2. The number of aromatic nitrogens is 2. The quantitative estimate of drug-likeness (QED) is 0.560. The number of nitrogens with zero attached hydrogens (tertiary/aromatic N) is 1. The first-order valence-corrected chi connectivity index (χ1v) is 9.51. The van der Waals surface area contributed by atoms with Crippen LogP contribution in [0.1, 0.15) is 33.6 Å². The molecule has 0 aliphatic heterocycles. The van der Waals surface area contributed by atoms with Gasteiger partial charge in [-0.05, 0) is 57.1 Å². The standard InChI is InChI=1S/C16H16FN3O2.C5H13N/c1-2-7-22-11-4-5-12-15(9-11)20(19-16(12)21)14-6-3-10(18)8-13(14)17;1-4-5(2)6-3/h3-6,8-9H,2,7,18H2,1H3,(H,19,21);5-6H,4H2,1-3H3/t;5-/m.0/s1. The Morgan fingerprint density at radius 1 is 1.25 bits per heavy atom. The summed E-state index contributed by atoms with van der Waals surface area (Å²) in [5.74, 6) is 0.131. The molecule has 0 saturated heterocycles. The fourth-order valence-corrected chi connectivity index (χ4v) is 2.52. The van der Waals surface area contributed by atoms with Crippen molar-refractivity contribution in [3.8, 4) is 11.4 Å². The Kier molecular flexibility index (Phi) is 7.63. The minimum Gasteiger partial charge on any atom is -0.494 e. The van der Waals surface area contributed by atoms with Crippen molar-refractivity contribution in [1.82, 2.24) is 15.1 Å². The molecule has 4 N–H and O–H groups in total. The number of fused-ring (bicyclic) bond motifs is 1. The van der Waals surface area contributed by atoms with Crippen LogP contribution in [-0.4, -0.2) is 29.5 Å². The van der Waals surface area contributed by atoms with E-state index in [0.717, 1.165) is 6.42 Å². The highest BCUT2D eigenvalue weighted by Gasteiger charge is 2.12. The molecule has 6 nitrogen and oxygen atoms in total. The number of hydrogen-bond donors (Lipinski definition) is 3. The molecule has 1 aromatic heterocycles. The SMILES string of the molecule is CCCOc1ccc2c(=O)[nH]n(-c3ccc(N)cc3F)c2c1.CC[C@H](C)NC. The van der Waals surface area contributed by atoms with Crippen LogP contribution in [0.2, 0.25) is 0 Å². The Labute approximate surface area is 164 Å². The second-order valence-corrected chi connectivity index (χ2v) is 6.61.